The maximum absolute atomic E-state index is 6.01. The highest BCUT2D eigenvalue weighted by atomic mass is 16.5. The molecule has 2 aromatic rings. The Bertz CT molecular complexity index is 722. The van der Waals surface area contributed by atoms with E-state index >= 15 is 0 Å². The van der Waals surface area contributed by atoms with E-state index in [-0.39, 0.29) is 0 Å². The fourth-order valence-electron chi connectivity index (χ4n) is 3.97. The van der Waals surface area contributed by atoms with Crippen LogP contribution in [0.1, 0.15) is 44.6 Å². The fourth-order valence-corrected chi connectivity index (χ4v) is 3.97. The monoisotopic (exact) mass is 383 g/mol. The maximum atomic E-state index is 6.01. The fraction of sp³-hybridized carbons (Fsp3) is 0.545. The Morgan fingerprint density at radius 1 is 1.29 bits per heavy atom. The molecule has 152 valence electrons. The van der Waals surface area contributed by atoms with Crippen LogP contribution in [-0.2, 0) is 11.3 Å². The molecule has 1 unspecified atom stereocenters. The molecule has 3 rings (SSSR count). The summed E-state index contributed by atoms with van der Waals surface area (Å²) >= 11 is 0. The van der Waals surface area contributed by atoms with Gasteiger partial charge in [0.05, 0.1) is 11.8 Å². The van der Waals surface area contributed by atoms with Crippen molar-refractivity contribution in [2.45, 2.75) is 51.7 Å². The molecule has 1 atom stereocenters. The zero-order valence-electron chi connectivity index (χ0n) is 17.1. The molecular formula is C22H33N5O. The average molecular weight is 384 g/mol. The van der Waals surface area contributed by atoms with Crippen LogP contribution in [0.2, 0.25) is 0 Å². The van der Waals surface area contributed by atoms with Crippen LogP contribution in [0.15, 0.2) is 47.7 Å². The molecule has 2 N–H and O–H groups in total. The van der Waals surface area contributed by atoms with Gasteiger partial charge in [0.15, 0.2) is 5.96 Å². The lowest BCUT2D eigenvalue weighted by atomic mass is 9.98. The number of benzene rings is 1. The Hall–Kier alpha value is -2.34. The quantitative estimate of drug-likeness (QED) is 0.514. The van der Waals surface area contributed by atoms with Gasteiger partial charge in [-0.3, -0.25) is 4.99 Å². The predicted octanol–water partition coefficient (Wildman–Crippen LogP) is 3.52. The standard InChI is InChI=1S/C22H33N5O/c1-3-28-21(19-9-4-5-10-19)12-14-24-22(23-2)25-17-18-8-6-11-20(16-18)27-15-7-13-26-27/h6-8,11,13,15-16,19,21H,3-5,9-10,12,14,17H2,1-2H3,(H2,23,24,25). The molecular weight excluding hydrogens is 350 g/mol. The van der Waals surface area contributed by atoms with Crippen LogP contribution >= 0.6 is 0 Å². The number of aliphatic imine (C=N–C) groups is 1. The van der Waals surface area contributed by atoms with Crippen LogP contribution < -0.4 is 10.6 Å². The molecule has 1 aliphatic rings. The van der Waals surface area contributed by atoms with Gasteiger partial charge < -0.3 is 15.4 Å². The minimum Gasteiger partial charge on any atom is -0.378 e. The molecule has 0 spiro atoms. The van der Waals surface area contributed by atoms with Gasteiger partial charge in [0.2, 0.25) is 0 Å². The van der Waals surface area contributed by atoms with Gasteiger partial charge in [-0.25, -0.2) is 4.68 Å². The van der Waals surface area contributed by atoms with Gasteiger partial charge in [0, 0.05) is 39.1 Å². The summed E-state index contributed by atoms with van der Waals surface area (Å²) in [6.07, 6.45) is 10.4. The molecule has 1 aromatic carbocycles. The van der Waals surface area contributed by atoms with Crippen LogP contribution in [0.3, 0.4) is 0 Å². The van der Waals surface area contributed by atoms with Gasteiger partial charge in [-0.2, -0.15) is 5.10 Å². The molecule has 1 heterocycles. The molecule has 0 amide bonds. The van der Waals surface area contributed by atoms with Crippen molar-refractivity contribution in [2.24, 2.45) is 10.9 Å². The van der Waals surface area contributed by atoms with E-state index in [0.717, 1.165) is 37.1 Å². The van der Waals surface area contributed by atoms with Crippen LogP contribution in [0.4, 0.5) is 0 Å². The Labute approximate surface area is 168 Å². The number of nitrogens with zero attached hydrogens (tertiary/aromatic N) is 3. The number of aromatic nitrogens is 2. The zero-order valence-corrected chi connectivity index (χ0v) is 17.1. The number of guanidine groups is 1. The van der Waals surface area contributed by atoms with Crippen molar-refractivity contribution in [3.8, 4) is 5.69 Å². The molecule has 1 saturated carbocycles. The van der Waals surface area contributed by atoms with Crippen molar-refractivity contribution >= 4 is 5.96 Å². The molecule has 1 aromatic heterocycles. The highest BCUT2D eigenvalue weighted by molar-refractivity contribution is 5.79. The molecule has 0 aliphatic heterocycles. The summed E-state index contributed by atoms with van der Waals surface area (Å²) in [7, 11) is 1.81. The Balaban J connectivity index is 1.46. The largest absolute Gasteiger partial charge is 0.378 e. The Morgan fingerprint density at radius 3 is 2.86 bits per heavy atom. The number of hydrogen-bond donors (Lipinski definition) is 2. The first-order valence-corrected chi connectivity index (χ1v) is 10.4. The molecule has 0 radical (unpaired) electrons. The molecule has 0 bridgehead atoms. The summed E-state index contributed by atoms with van der Waals surface area (Å²) in [5.41, 5.74) is 2.25. The molecule has 6 nitrogen and oxygen atoms in total. The first-order chi connectivity index (χ1) is 13.8. The summed E-state index contributed by atoms with van der Waals surface area (Å²) in [6, 6.07) is 10.3. The zero-order chi connectivity index (χ0) is 19.6. The second kappa shape index (κ2) is 10.9. The van der Waals surface area contributed by atoms with Crippen molar-refractivity contribution < 1.29 is 4.74 Å². The molecule has 0 saturated heterocycles. The third kappa shape index (κ3) is 5.83. The van der Waals surface area contributed by atoms with Crippen LogP contribution in [-0.4, -0.2) is 42.0 Å². The summed E-state index contributed by atoms with van der Waals surface area (Å²) in [6.45, 7) is 4.47. The van der Waals surface area contributed by atoms with Gasteiger partial charge >= 0.3 is 0 Å². The van der Waals surface area contributed by atoms with Crippen molar-refractivity contribution in [2.75, 3.05) is 20.2 Å². The van der Waals surface area contributed by atoms with Gasteiger partial charge in [-0.1, -0.05) is 25.0 Å². The first kappa shape index (κ1) is 20.4. The Morgan fingerprint density at radius 2 is 2.14 bits per heavy atom. The van der Waals surface area contributed by atoms with E-state index < -0.39 is 0 Å². The lowest BCUT2D eigenvalue weighted by Crippen LogP contribution is -2.39. The lowest BCUT2D eigenvalue weighted by molar-refractivity contribution is 0.0169. The minimum absolute atomic E-state index is 0.365. The summed E-state index contributed by atoms with van der Waals surface area (Å²) in [5, 5.41) is 11.1. The first-order valence-electron chi connectivity index (χ1n) is 10.4. The van der Waals surface area contributed by atoms with Crippen molar-refractivity contribution in [1.29, 1.82) is 0 Å². The normalized spacial score (nSPS) is 16.3. The molecule has 1 aliphatic carbocycles. The van der Waals surface area contributed by atoms with Crippen molar-refractivity contribution in [3.05, 3.63) is 48.3 Å². The molecule has 1 fully saturated rings. The number of rotatable bonds is 9. The van der Waals surface area contributed by atoms with Crippen LogP contribution in [0.25, 0.3) is 5.69 Å². The van der Waals surface area contributed by atoms with E-state index in [0.29, 0.717) is 12.6 Å². The molecule has 28 heavy (non-hydrogen) atoms. The summed E-state index contributed by atoms with van der Waals surface area (Å²) in [5.74, 6) is 1.55. The van der Waals surface area contributed by atoms with Crippen LogP contribution in [0.5, 0.6) is 0 Å². The number of hydrogen-bond acceptors (Lipinski definition) is 3. The highest BCUT2D eigenvalue weighted by Gasteiger charge is 2.25. The van der Waals surface area contributed by atoms with E-state index in [1.165, 1.54) is 31.2 Å². The topological polar surface area (TPSA) is 63.5 Å². The van der Waals surface area contributed by atoms with E-state index in [4.69, 9.17) is 4.74 Å². The second-order valence-corrected chi connectivity index (χ2v) is 7.30. The van der Waals surface area contributed by atoms with Gasteiger partial charge in [0.1, 0.15) is 0 Å². The van der Waals surface area contributed by atoms with E-state index in [1.807, 2.05) is 24.0 Å². The third-order valence-corrected chi connectivity index (χ3v) is 5.39. The average Bonchev–Trinajstić information content (AvgIpc) is 3.44. The maximum Gasteiger partial charge on any atom is 0.191 e. The van der Waals surface area contributed by atoms with Gasteiger partial charge in [0.25, 0.3) is 0 Å². The Kier molecular flexibility index (Phi) is 7.91. The summed E-state index contributed by atoms with van der Waals surface area (Å²) < 4.78 is 7.88. The predicted molar refractivity (Wildman–Crippen MR) is 114 cm³/mol. The van der Waals surface area contributed by atoms with E-state index in [1.54, 1.807) is 6.20 Å². The van der Waals surface area contributed by atoms with Gasteiger partial charge in [-0.15, -0.1) is 0 Å². The highest BCUT2D eigenvalue weighted by Crippen LogP contribution is 2.30. The van der Waals surface area contributed by atoms with Crippen molar-refractivity contribution in [1.82, 2.24) is 20.4 Å². The van der Waals surface area contributed by atoms with E-state index in [9.17, 15) is 0 Å². The SMILES string of the molecule is CCOC(CCNC(=NC)NCc1cccc(-n2cccn2)c1)C1CCCC1. The van der Waals surface area contributed by atoms with Crippen molar-refractivity contribution in [3.63, 3.8) is 0 Å². The van der Waals surface area contributed by atoms with E-state index in [2.05, 4.69) is 51.9 Å². The van der Waals surface area contributed by atoms with Gasteiger partial charge in [-0.05, 0) is 55.9 Å². The smallest absolute Gasteiger partial charge is 0.191 e. The number of nitrogens with one attached hydrogen (secondary N) is 2. The van der Waals surface area contributed by atoms with Crippen LogP contribution in [0, 0.1) is 5.92 Å². The second-order valence-electron chi connectivity index (χ2n) is 7.30. The summed E-state index contributed by atoms with van der Waals surface area (Å²) in [4.78, 5) is 4.35. The molecule has 6 heteroatoms. The third-order valence-electron chi connectivity index (χ3n) is 5.39. The number of ether oxygens (including phenoxy) is 1. The lowest BCUT2D eigenvalue weighted by Gasteiger charge is -2.24. The minimum atomic E-state index is 0.365.